The van der Waals surface area contributed by atoms with Gasteiger partial charge in [0.1, 0.15) is 0 Å². The van der Waals surface area contributed by atoms with Gasteiger partial charge in [-0.1, -0.05) is 11.6 Å². The van der Waals surface area contributed by atoms with E-state index in [-0.39, 0.29) is 0 Å². The molecular formula is C12H15ClN2. The van der Waals surface area contributed by atoms with Crippen molar-refractivity contribution in [2.45, 2.75) is 20.4 Å². The minimum Gasteiger partial charge on any atom is -0.346 e. The summed E-state index contributed by atoms with van der Waals surface area (Å²) in [6.45, 7) is 5.63. The summed E-state index contributed by atoms with van der Waals surface area (Å²) in [7, 11) is 0. The van der Waals surface area contributed by atoms with E-state index < -0.39 is 0 Å². The van der Waals surface area contributed by atoms with Crippen LogP contribution < -0.4 is 5.73 Å². The van der Waals surface area contributed by atoms with E-state index >= 15 is 0 Å². The van der Waals surface area contributed by atoms with Crippen molar-refractivity contribution < 1.29 is 0 Å². The van der Waals surface area contributed by atoms with Crippen LogP contribution in [0.5, 0.6) is 0 Å². The summed E-state index contributed by atoms with van der Waals surface area (Å²) in [4.78, 5) is 0. The summed E-state index contributed by atoms with van der Waals surface area (Å²) in [6, 6.07) is 4.16. The van der Waals surface area contributed by atoms with Crippen molar-refractivity contribution in [1.82, 2.24) is 4.57 Å². The maximum absolute atomic E-state index is 6.12. The molecule has 2 aromatic rings. The maximum atomic E-state index is 6.12. The molecule has 1 aromatic heterocycles. The number of nitrogens with zero attached hydrogens (tertiary/aromatic N) is 1. The highest BCUT2D eigenvalue weighted by molar-refractivity contribution is 6.32. The van der Waals surface area contributed by atoms with Gasteiger partial charge in [-0.15, -0.1) is 0 Å². The number of aryl methyl sites for hydroxylation is 2. The molecule has 0 unspecified atom stereocenters. The Labute approximate surface area is 94.6 Å². The second-order valence-electron chi connectivity index (χ2n) is 3.91. The number of hydrogen-bond donors (Lipinski definition) is 1. The lowest BCUT2D eigenvalue weighted by Gasteiger charge is -2.04. The van der Waals surface area contributed by atoms with Crippen LogP contribution in [0.15, 0.2) is 18.3 Å². The molecule has 80 valence electrons. The molecule has 0 saturated carbocycles. The van der Waals surface area contributed by atoms with Gasteiger partial charge in [-0.3, -0.25) is 0 Å². The minimum atomic E-state index is 0.648. The van der Waals surface area contributed by atoms with E-state index in [1.165, 1.54) is 16.5 Å². The van der Waals surface area contributed by atoms with Gasteiger partial charge in [-0.25, -0.2) is 0 Å². The molecule has 0 saturated heterocycles. The number of rotatable bonds is 2. The fourth-order valence-electron chi connectivity index (χ4n) is 1.92. The number of halogens is 1. The van der Waals surface area contributed by atoms with Gasteiger partial charge in [-0.2, -0.15) is 0 Å². The minimum absolute atomic E-state index is 0.648. The third-order valence-corrected chi connectivity index (χ3v) is 3.14. The van der Waals surface area contributed by atoms with Crippen molar-refractivity contribution in [3.8, 4) is 0 Å². The number of benzene rings is 1. The fraction of sp³-hybridized carbons (Fsp3) is 0.333. The van der Waals surface area contributed by atoms with Crippen LogP contribution >= 0.6 is 11.6 Å². The molecule has 1 aromatic carbocycles. The van der Waals surface area contributed by atoms with Crippen molar-refractivity contribution in [2.75, 3.05) is 6.54 Å². The van der Waals surface area contributed by atoms with Crippen molar-refractivity contribution in [3.63, 3.8) is 0 Å². The van der Waals surface area contributed by atoms with Gasteiger partial charge < -0.3 is 10.3 Å². The Bertz CT molecular complexity index is 500. The standard InChI is InChI=1S/C12H15ClN2/c1-8-5-10-9(2)7-15(4-3-14)12(10)6-11(8)13/h5-7H,3-4,14H2,1-2H3. The zero-order chi connectivity index (χ0) is 11.0. The van der Waals surface area contributed by atoms with Crippen LogP contribution in [-0.2, 0) is 6.54 Å². The summed E-state index contributed by atoms with van der Waals surface area (Å²) in [5.41, 5.74) is 9.15. The molecule has 0 radical (unpaired) electrons. The number of hydrogen-bond acceptors (Lipinski definition) is 1. The number of aromatic nitrogens is 1. The average Bonchev–Trinajstić information content (AvgIpc) is 2.46. The zero-order valence-corrected chi connectivity index (χ0v) is 9.80. The molecule has 0 aliphatic heterocycles. The predicted octanol–water partition coefficient (Wildman–Crippen LogP) is 2.87. The first-order chi connectivity index (χ1) is 7.13. The molecule has 0 spiro atoms. The Balaban J connectivity index is 2.70. The van der Waals surface area contributed by atoms with Crippen LogP contribution in [0.2, 0.25) is 5.02 Å². The SMILES string of the molecule is Cc1cc2c(C)cn(CCN)c2cc1Cl. The van der Waals surface area contributed by atoms with Crippen molar-refractivity contribution in [3.05, 3.63) is 34.5 Å². The van der Waals surface area contributed by atoms with Crippen LogP contribution in [0, 0.1) is 13.8 Å². The van der Waals surface area contributed by atoms with Crippen LogP contribution in [0.25, 0.3) is 10.9 Å². The Kier molecular flexibility index (Phi) is 2.72. The molecule has 1 heterocycles. The van der Waals surface area contributed by atoms with Crippen molar-refractivity contribution >= 4 is 22.5 Å². The van der Waals surface area contributed by atoms with Gasteiger partial charge in [0.05, 0.1) is 0 Å². The summed E-state index contributed by atoms with van der Waals surface area (Å²) < 4.78 is 2.16. The number of nitrogens with two attached hydrogens (primary N) is 1. The first-order valence-corrected chi connectivity index (χ1v) is 5.47. The van der Waals surface area contributed by atoms with Gasteiger partial charge >= 0.3 is 0 Å². The third kappa shape index (κ3) is 1.75. The number of fused-ring (bicyclic) bond motifs is 1. The van der Waals surface area contributed by atoms with Crippen LogP contribution in [0.3, 0.4) is 0 Å². The molecule has 0 bridgehead atoms. The smallest absolute Gasteiger partial charge is 0.0498 e. The normalized spacial score (nSPS) is 11.2. The van der Waals surface area contributed by atoms with E-state index in [2.05, 4.69) is 23.8 Å². The van der Waals surface area contributed by atoms with E-state index in [0.29, 0.717) is 6.54 Å². The largest absolute Gasteiger partial charge is 0.346 e. The zero-order valence-electron chi connectivity index (χ0n) is 9.05. The van der Waals surface area contributed by atoms with Gasteiger partial charge in [0, 0.05) is 35.2 Å². The highest BCUT2D eigenvalue weighted by Gasteiger charge is 2.07. The second kappa shape index (κ2) is 3.87. The van der Waals surface area contributed by atoms with Gasteiger partial charge in [-0.05, 0) is 37.1 Å². The summed E-state index contributed by atoms with van der Waals surface area (Å²) in [5, 5.41) is 2.09. The quantitative estimate of drug-likeness (QED) is 0.833. The molecule has 2 rings (SSSR count). The lowest BCUT2D eigenvalue weighted by Crippen LogP contribution is -2.08. The first kappa shape index (κ1) is 10.5. The average molecular weight is 223 g/mol. The lowest BCUT2D eigenvalue weighted by molar-refractivity contribution is 0.734. The molecule has 0 aliphatic rings. The monoisotopic (exact) mass is 222 g/mol. The molecule has 3 heteroatoms. The maximum Gasteiger partial charge on any atom is 0.0498 e. The topological polar surface area (TPSA) is 30.9 Å². The molecule has 0 amide bonds. The Morgan fingerprint density at radius 3 is 2.67 bits per heavy atom. The van der Waals surface area contributed by atoms with Crippen LogP contribution in [0.4, 0.5) is 0 Å². The van der Waals surface area contributed by atoms with Gasteiger partial charge in [0.2, 0.25) is 0 Å². The molecule has 2 nitrogen and oxygen atoms in total. The van der Waals surface area contributed by atoms with E-state index in [9.17, 15) is 0 Å². The molecule has 0 atom stereocenters. The highest BCUT2D eigenvalue weighted by atomic mass is 35.5. The molecule has 2 N–H and O–H groups in total. The Hall–Kier alpha value is -0.990. The van der Waals surface area contributed by atoms with Crippen molar-refractivity contribution in [2.24, 2.45) is 5.73 Å². The molecule has 0 aliphatic carbocycles. The second-order valence-corrected chi connectivity index (χ2v) is 4.32. The van der Waals surface area contributed by atoms with Gasteiger partial charge in [0.25, 0.3) is 0 Å². The third-order valence-electron chi connectivity index (χ3n) is 2.73. The van der Waals surface area contributed by atoms with E-state index in [0.717, 1.165) is 17.1 Å². The highest BCUT2D eigenvalue weighted by Crippen LogP contribution is 2.27. The summed E-state index contributed by atoms with van der Waals surface area (Å²) in [6.07, 6.45) is 2.13. The Morgan fingerprint density at radius 2 is 2.00 bits per heavy atom. The fourth-order valence-corrected chi connectivity index (χ4v) is 2.08. The van der Waals surface area contributed by atoms with E-state index in [1.807, 2.05) is 13.0 Å². The molecule has 0 fully saturated rings. The predicted molar refractivity (Wildman–Crippen MR) is 65.5 cm³/mol. The summed E-state index contributed by atoms with van der Waals surface area (Å²) >= 11 is 6.12. The first-order valence-electron chi connectivity index (χ1n) is 5.09. The van der Waals surface area contributed by atoms with Crippen LogP contribution in [-0.4, -0.2) is 11.1 Å². The van der Waals surface area contributed by atoms with Gasteiger partial charge in [0.15, 0.2) is 0 Å². The molecule has 15 heavy (non-hydrogen) atoms. The Morgan fingerprint density at radius 1 is 1.27 bits per heavy atom. The lowest BCUT2D eigenvalue weighted by atomic mass is 10.1. The van der Waals surface area contributed by atoms with E-state index in [1.54, 1.807) is 0 Å². The van der Waals surface area contributed by atoms with Crippen molar-refractivity contribution in [1.29, 1.82) is 0 Å². The molecular weight excluding hydrogens is 208 g/mol. The van der Waals surface area contributed by atoms with Crippen LogP contribution in [0.1, 0.15) is 11.1 Å². The summed E-state index contributed by atoms with van der Waals surface area (Å²) in [5.74, 6) is 0. The van der Waals surface area contributed by atoms with E-state index in [4.69, 9.17) is 17.3 Å².